The minimum Gasteiger partial charge on any atom is -0.361 e. The van der Waals surface area contributed by atoms with Crippen LogP contribution >= 0.6 is 11.8 Å². The van der Waals surface area contributed by atoms with Crippen molar-refractivity contribution in [3.05, 3.63) is 48.0 Å². The van der Waals surface area contributed by atoms with Crippen LogP contribution in [0.2, 0.25) is 0 Å². The van der Waals surface area contributed by atoms with Gasteiger partial charge in [-0.05, 0) is 25.8 Å². The lowest BCUT2D eigenvalue weighted by molar-refractivity contribution is 0.393. The third kappa shape index (κ3) is 2.64. The number of fused-ring (bicyclic) bond motifs is 1. The van der Waals surface area contributed by atoms with E-state index >= 15 is 0 Å². The fourth-order valence-corrected chi connectivity index (χ4v) is 3.99. The average Bonchev–Trinajstić information content (AvgIpc) is 3.05. The topological polar surface area (TPSA) is 72.5 Å². The summed E-state index contributed by atoms with van der Waals surface area (Å²) in [4.78, 5) is 3.33. The molecular formula is C18H17N5OS. The summed E-state index contributed by atoms with van der Waals surface area (Å²) in [7, 11) is 0. The molecule has 1 aliphatic carbocycles. The number of rotatable bonds is 5. The molecule has 0 radical (unpaired) electrons. The SMILES string of the molecule is Cc1cc(CSc2nnc(-c3c[nH]c4ccccc34)n2C2CC2)no1. The first kappa shape index (κ1) is 14.8. The van der Waals surface area contributed by atoms with E-state index in [1.165, 1.54) is 18.2 Å². The van der Waals surface area contributed by atoms with Gasteiger partial charge in [0.25, 0.3) is 0 Å². The van der Waals surface area contributed by atoms with Crippen molar-refractivity contribution >= 4 is 22.7 Å². The molecule has 0 aliphatic heterocycles. The number of para-hydroxylation sites is 1. The number of thioether (sulfide) groups is 1. The number of aromatic nitrogens is 5. The maximum atomic E-state index is 5.14. The summed E-state index contributed by atoms with van der Waals surface area (Å²) in [5.41, 5.74) is 3.16. The fraction of sp³-hybridized carbons (Fsp3) is 0.278. The molecule has 0 unspecified atom stereocenters. The number of aromatic amines is 1. The first-order valence-corrected chi connectivity index (χ1v) is 9.34. The molecule has 1 aromatic carbocycles. The van der Waals surface area contributed by atoms with E-state index in [2.05, 4.69) is 43.1 Å². The quantitative estimate of drug-likeness (QED) is 0.541. The van der Waals surface area contributed by atoms with Gasteiger partial charge in [0.05, 0.1) is 5.69 Å². The van der Waals surface area contributed by atoms with Crippen molar-refractivity contribution < 1.29 is 4.52 Å². The number of nitrogens with one attached hydrogen (secondary N) is 1. The average molecular weight is 351 g/mol. The standard InChI is InChI=1S/C18H17N5OS/c1-11-8-12(22-24-11)10-25-18-21-20-17(23(18)13-6-7-13)15-9-19-16-5-3-2-4-14(15)16/h2-5,8-9,13,19H,6-7,10H2,1H3. The van der Waals surface area contributed by atoms with Crippen LogP contribution in [0, 0.1) is 6.92 Å². The van der Waals surface area contributed by atoms with Crippen LogP contribution in [0.3, 0.4) is 0 Å². The smallest absolute Gasteiger partial charge is 0.192 e. The fourth-order valence-electron chi connectivity index (χ4n) is 3.10. The zero-order valence-electron chi connectivity index (χ0n) is 13.8. The summed E-state index contributed by atoms with van der Waals surface area (Å²) in [5, 5.41) is 15.2. The Balaban J connectivity index is 1.51. The Bertz CT molecular complexity index is 1040. The van der Waals surface area contributed by atoms with Gasteiger partial charge in [-0.2, -0.15) is 0 Å². The highest BCUT2D eigenvalue weighted by atomic mass is 32.2. The van der Waals surface area contributed by atoms with Gasteiger partial charge in [0.1, 0.15) is 5.76 Å². The van der Waals surface area contributed by atoms with E-state index in [0.29, 0.717) is 6.04 Å². The lowest BCUT2D eigenvalue weighted by Gasteiger charge is -2.07. The van der Waals surface area contributed by atoms with Crippen LogP contribution in [0.25, 0.3) is 22.3 Å². The normalized spacial score (nSPS) is 14.4. The van der Waals surface area contributed by atoms with E-state index in [4.69, 9.17) is 4.52 Å². The third-order valence-electron chi connectivity index (χ3n) is 4.43. The van der Waals surface area contributed by atoms with Gasteiger partial charge in [-0.1, -0.05) is 35.1 Å². The Kier molecular flexibility index (Phi) is 3.41. The number of aryl methyl sites for hydroxylation is 1. The molecule has 5 rings (SSSR count). The maximum Gasteiger partial charge on any atom is 0.192 e. The van der Waals surface area contributed by atoms with E-state index in [9.17, 15) is 0 Å². The van der Waals surface area contributed by atoms with Crippen LogP contribution in [0.15, 0.2) is 46.2 Å². The van der Waals surface area contributed by atoms with Gasteiger partial charge in [-0.3, -0.25) is 4.57 Å². The summed E-state index contributed by atoms with van der Waals surface area (Å²) < 4.78 is 7.43. The summed E-state index contributed by atoms with van der Waals surface area (Å²) in [6, 6.07) is 10.8. The van der Waals surface area contributed by atoms with Crippen molar-refractivity contribution in [1.82, 2.24) is 24.9 Å². The van der Waals surface area contributed by atoms with Crippen LogP contribution < -0.4 is 0 Å². The summed E-state index contributed by atoms with van der Waals surface area (Å²) >= 11 is 1.66. The summed E-state index contributed by atoms with van der Waals surface area (Å²) in [6.07, 6.45) is 4.40. The largest absolute Gasteiger partial charge is 0.361 e. The van der Waals surface area contributed by atoms with Crippen molar-refractivity contribution in [2.75, 3.05) is 0 Å². The molecule has 1 saturated carbocycles. The van der Waals surface area contributed by atoms with Crippen LogP contribution in [-0.2, 0) is 5.75 Å². The van der Waals surface area contributed by atoms with Crippen molar-refractivity contribution in [3.8, 4) is 11.4 Å². The molecule has 0 atom stereocenters. The molecule has 7 heteroatoms. The lowest BCUT2D eigenvalue weighted by Crippen LogP contribution is -1.99. The zero-order valence-corrected chi connectivity index (χ0v) is 14.6. The Hall–Kier alpha value is -2.54. The van der Waals surface area contributed by atoms with E-state index < -0.39 is 0 Å². The molecule has 0 bridgehead atoms. The van der Waals surface area contributed by atoms with E-state index in [1.807, 2.05) is 25.3 Å². The molecule has 1 fully saturated rings. The summed E-state index contributed by atoms with van der Waals surface area (Å²) in [6.45, 7) is 1.91. The molecule has 4 aromatic rings. The van der Waals surface area contributed by atoms with E-state index in [-0.39, 0.29) is 0 Å². The molecule has 3 aromatic heterocycles. The number of benzene rings is 1. The highest BCUT2D eigenvalue weighted by Crippen LogP contribution is 2.42. The van der Waals surface area contributed by atoms with Gasteiger partial charge in [-0.25, -0.2) is 0 Å². The van der Waals surface area contributed by atoms with Crippen molar-refractivity contribution in [3.63, 3.8) is 0 Å². The van der Waals surface area contributed by atoms with Crippen molar-refractivity contribution in [1.29, 1.82) is 0 Å². The second-order valence-electron chi connectivity index (χ2n) is 6.37. The Labute approximate surface area is 148 Å². The van der Waals surface area contributed by atoms with Crippen LogP contribution in [0.5, 0.6) is 0 Å². The third-order valence-corrected chi connectivity index (χ3v) is 5.41. The predicted octanol–water partition coefficient (Wildman–Crippen LogP) is 4.35. The molecule has 25 heavy (non-hydrogen) atoms. The Morgan fingerprint density at radius 2 is 2.16 bits per heavy atom. The number of H-pyrrole nitrogens is 1. The van der Waals surface area contributed by atoms with Crippen molar-refractivity contribution in [2.24, 2.45) is 0 Å². The zero-order chi connectivity index (χ0) is 16.8. The molecule has 6 nitrogen and oxygen atoms in total. The van der Waals surface area contributed by atoms with Gasteiger partial charge >= 0.3 is 0 Å². The lowest BCUT2D eigenvalue weighted by atomic mass is 10.1. The highest BCUT2D eigenvalue weighted by molar-refractivity contribution is 7.98. The number of hydrogen-bond acceptors (Lipinski definition) is 5. The molecule has 0 amide bonds. The minimum atomic E-state index is 0.500. The minimum absolute atomic E-state index is 0.500. The predicted molar refractivity (Wildman–Crippen MR) is 96.4 cm³/mol. The summed E-state index contributed by atoms with van der Waals surface area (Å²) in [5.74, 6) is 2.51. The first-order chi connectivity index (χ1) is 12.3. The molecule has 126 valence electrons. The number of nitrogens with zero attached hydrogens (tertiary/aromatic N) is 4. The van der Waals surface area contributed by atoms with Crippen molar-refractivity contribution in [2.45, 2.75) is 36.7 Å². The maximum absolute atomic E-state index is 5.14. The highest BCUT2D eigenvalue weighted by Gasteiger charge is 2.31. The molecule has 0 spiro atoms. The molecule has 1 N–H and O–H groups in total. The molecule has 0 saturated heterocycles. The number of hydrogen-bond donors (Lipinski definition) is 1. The van der Waals surface area contributed by atoms with E-state index in [0.717, 1.165) is 39.3 Å². The molecule has 3 heterocycles. The van der Waals surface area contributed by atoms with Gasteiger partial charge in [0.2, 0.25) is 0 Å². The second kappa shape index (κ2) is 5.77. The van der Waals surface area contributed by atoms with E-state index in [1.54, 1.807) is 11.8 Å². The van der Waals surface area contributed by atoms with Gasteiger partial charge < -0.3 is 9.51 Å². The van der Waals surface area contributed by atoms with Gasteiger partial charge in [0.15, 0.2) is 11.0 Å². The van der Waals surface area contributed by atoms with Gasteiger partial charge in [-0.15, -0.1) is 10.2 Å². The molecular weight excluding hydrogens is 334 g/mol. The van der Waals surface area contributed by atoms with Crippen LogP contribution in [0.1, 0.15) is 30.3 Å². The Morgan fingerprint density at radius 1 is 1.28 bits per heavy atom. The monoisotopic (exact) mass is 351 g/mol. The Morgan fingerprint density at radius 3 is 2.96 bits per heavy atom. The van der Waals surface area contributed by atoms with Crippen LogP contribution in [-0.4, -0.2) is 24.9 Å². The first-order valence-electron chi connectivity index (χ1n) is 8.36. The molecule has 1 aliphatic rings. The van der Waals surface area contributed by atoms with Crippen LogP contribution in [0.4, 0.5) is 0 Å². The second-order valence-corrected chi connectivity index (χ2v) is 7.32. The van der Waals surface area contributed by atoms with Gasteiger partial charge in [0, 0.05) is 40.5 Å².